The second kappa shape index (κ2) is 9.00. The van der Waals surface area contributed by atoms with Gasteiger partial charge in [-0.3, -0.25) is 9.59 Å². The molecule has 136 valence electrons. The number of hydrogen-bond acceptors (Lipinski definition) is 4. The van der Waals surface area contributed by atoms with Gasteiger partial charge in [0.05, 0.1) is 19.4 Å². The summed E-state index contributed by atoms with van der Waals surface area (Å²) in [6.07, 6.45) is 1.90. The van der Waals surface area contributed by atoms with Crippen LogP contribution in [0.25, 0.3) is 0 Å². The Labute approximate surface area is 144 Å². The van der Waals surface area contributed by atoms with E-state index >= 15 is 0 Å². The standard InChI is InChI=1S/C17H20F2N2O4/c18-15(19)10-21(9-14-3-1-2-8-24-14)17(23)12-4-6-13(7-5-12)25-11-16(20)22/h2,4-8,14-15H,1,3,9-11H2,(H2,20,22)/t14-/m0/s1. The normalized spacial score (nSPS) is 16.4. The van der Waals surface area contributed by atoms with Crippen molar-refractivity contribution < 1.29 is 27.8 Å². The average molecular weight is 354 g/mol. The van der Waals surface area contributed by atoms with E-state index in [1.807, 2.05) is 6.08 Å². The van der Waals surface area contributed by atoms with E-state index < -0.39 is 24.8 Å². The third-order valence-electron chi connectivity index (χ3n) is 3.57. The molecule has 0 radical (unpaired) electrons. The molecule has 0 saturated heterocycles. The third-order valence-corrected chi connectivity index (χ3v) is 3.57. The van der Waals surface area contributed by atoms with Gasteiger partial charge < -0.3 is 20.1 Å². The van der Waals surface area contributed by atoms with Crippen LogP contribution in [0.15, 0.2) is 36.6 Å². The van der Waals surface area contributed by atoms with Crippen LogP contribution in [0.1, 0.15) is 23.2 Å². The molecule has 6 nitrogen and oxygen atoms in total. The lowest BCUT2D eigenvalue weighted by molar-refractivity contribution is -0.119. The molecule has 1 aliphatic heterocycles. The summed E-state index contributed by atoms with van der Waals surface area (Å²) in [5.74, 6) is -0.777. The summed E-state index contributed by atoms with van der Waals surface area (Å²) < 4.78 is 36.2. The van der Waals surface area contributed by atoms with Gasteiger partial charge in [-0.05, 0) is 43.2 Å². The number of ether oxygens (including phenoxy) is 2. The molecule has 0 bridgehead atoms. The molecule has 2 amide bonds. The number of nitrogens with zero attached hydrogens (tertiary/aromatic N) is 1. The van der Waals surface area contributed by atoms with Crippen molar-refractivity contribution in [3.8, 4) is 5.75 Å². The zero-order chi connectivity index (χ0) is 18.2. The van der Waals surface area contributed by atoms with Gasteiger partial charge >= 0.3 is 0 Å². The number of alkyl halides is 2. The summed E-state index contributed by atoms with van der Waals surface area (Å²) >= 11 is 0. The number of hydrogen-bond donors (Lipinski definition) is 1. The van der Waals surface area contributed by atoms with E-state index in [1.165, 1.54) is 30.5 Å². The van der Waals surface area contributed by atoms with Crippen LogP contribution in [0.4, 0.5) is 8.78 Å². The first kappa shape index (κ1) is 18.7. The highest BCUT2D eigenvalue weighted by Gasteiger charge is 2.24. The summed E-state index contributed by atoms with van der Waals surface area (Å²) in [5, 5.41) is 0. The number of halogens is 2. The van der Waals surface area contributed by atoms with E-state index in [0.717, 1.165) is 11.3 Å². The molecule has 1 aromatic rings. The number of primary amides is 1. The predicted octanol–water partition coefficient (Wildman–Crippen LogP) is 1.95. The van der Waals surface area contributed by atoms with Crippen LogP contribution in [0, 0.1) is 0 Å². The number of carbonyl (C=O) groups excluding carboxylic acids is 2. The average Bonchev–Trinajstić information content (AvgIpc) is 2.60. The molecule has 2 rings (SSSR count). The lowest BCUT2D eigenvalue weighted by Gasteiger charge is -2.28. The number of rotatable bonds is 8. The maximum atomic E-state index is 12.8. The van der Waals surface area contributed by atoms with Crippen molar-refractivity contribution in [2.45, 2.75) is 25.4 Å². The minimum Gasteiger partial charge on any atom is -0.497 e. The summed E-state index contributed by atoms with van der Waals surface area (Å²) in [7, 11) is 0. The molecule has 0 spiro atoms. The summed E-state index contributed by atoms with van der Waals surface area (Å²) in [6, 6.07) is 5.88. The van der Waals surface area contributed by atoms with Crippen LogP contribution in [0.3, 0.4) is 0 Å². The summed E-state index contributed by atoms with van der Waals surface area (Å²) in [5.41, 5.74) is 5.23. The Hall–Kier alpha value is -2.64. The highest BCUT2D eigenvalue weighted by Crippen LogP contribution is 2.17. The van der Waals surface area contributed by atoms with Gasteiger partial charge in [0, 0.05) is 5.56 Å². The molecule has 0 saturated carbocycles. The quantitative estimate of drug-likeness (QED) is 0.774. The van der Waals surface area contributed by atoms with Crippen molar-refractivity contribution in [1.82, 2.24) is 4.90 Å². The van der Waals surface area contributed by atoms with Gasteiger partial charge in [0.2, 0.25) is 0 Å². The molecule has 0 aromatic heterocycles. The fraction of sp³-hybridized carbons (Fsp3) is 0.412. The molecular formula is C17H20F2N2O4. The van der Waals surface area contributed by atoms with E-state index in [1.54, 1.807) is 0 Å². The van der Waals surface area contributed by atoms with Crippen LogP contribution in [-0.2, 0) is 9.53 Å². The zero-order valence-electron chi connectivity index (χ0n) is 13.6. The Bertz CT molecular complexity index is 620. The smallest absolute Gasteiger partial charge is 0.255 e. The molecule has 1 aliphatic rings. The Kier molecular flexibility index (Phi) is 6.73. The Morgan fingerprint density at radius 2 is 2.04 bits per heavy atom. The molecule has 1 aromatic carbocycles. The van der Waals surface area contributed by atoms with Crippen molar-refractivity contribution in [3.63, 3.8) is 0 Å². The highest BCUT2D eigenvalue weighted by molar-refractivity contribution is 5.94. The number of allylic oxidation sites excluding steroid dienone is 1. The second-order valence-electron chi connectivity index (χ2n) is 5.59. The lowest BCUT2D eigenvalue weighted by atomic mass is 10.1. The Balaban J connectivity index is 2.03. The fourth-order valence-electron chi connectivity index (χ4n) is 2.40. The van der Waals surface area contributed by atoms with Crippen LogP contribution < -0.4 is 10.5 Å². The SMILES string of the molecule is NC(=O)COc1ccc(C(=O)N(CC(F)F)C[C@@H]2CCC=CO2)cc1. The molecule has 8 heteroatoms. The minimum atomic E-state index is -2.64. The van der Waals surface area contributed by atoms with Gasteiger partial charge in [-0.2, -0.15) is 0 Å². The minimum absolute atomic E-state index is 0.0907. The van der Waals surface area contributed by atoms with Gasteiger partial charge in [0.1, 0.15) is 11.9 Å². The Morgan fingerprint density at radius 3 is 2.60 bits per heavy atom. The first-order chi connectivity index (χ1) is 12.0. The van der Waals surface area contributed by atoms with Crippen LogP contribution in [0.2, 0.25) is 0 Å². The monoisotopic (exact) mass is 354 g/mol. The van der Waals surface area contributed by atoms with Crippen molar-refractivity contribution in [3.05, 3.63) is 42.2 Å². The van der Waals surface area contributed by atoms with Crippen LogP contribution >= 0.6 is 0 Å². The van der Waals surface area contributed by atoms with Crippen LogP contribution in [0.5, 0.6) is 5.75 Å². The Morgan fingerprint density at radius 1 is 1.32 bits per heavy atom. The first-order valence-electron chi connectivity index (χ1n) is 7.84. The van der Waals surface area contributed by atoms with Crippen LogP contribution in [-0.4, -0.2) is 48.9 Å². The molecule has 2 N–H and O–H groups in total. The molecule has 0 unspecified atom stereocenters. The fourth-order valence-corrected chi connectivity index (χ4v) is 2.40. The summed E-state index contributed by atoms with van der Waals surface area (Å²) in [6.45, 7) is -0.854. The van der Waals surface area contributed by atoms with Gasteiger partial charge in [0.15, 0.2) is 6.61 Å². The maximum absolute atomic E-state index is 12.8. The van der Waals surface area contributed by atoms with Gasteiger partial charge in [0.25, 0.3) is 18.2 Å². The molecule has 0 aliphatic carbocycles. The van der Waals surface area contributed by atoms with Crippen molar-refractivity contribution in [1.29, 1.82) is 0 Å². The predicted molar refractivity (Wildman–Crippen MR) is 86.3 cm³/mol. The zero-order valence-corrected chi connectivity index (χ0v) is 13.6. The lowest BCUT2D eigenvalue weighted by Crippen LogP contribution is -2.41. The number of benzene rings is 1. The van der Waals surface area contributed by atoms with Crippen molar-refractivity contribution in [2.24, 2.45) is 5.73 Å². The van der Waals surface area contributed by atoms with Gasteiger partial charge in [-0.1, -0.05) is 0 Å². The number of carbonyl (C=O) groups is 2. The maximum Gasteiger partial charge on any atom is 0.255 e. The first-order valence-corrected chi connectivity index (χ1v) is 7.84. The number of amides is 2. The highest BCUT2D eigenvalue weighted by atomic mass is 19.3. The van der Waals surface area contributed by atoms with Crippen molar-refractivity contribution in [2.75, 3.05) is 19.7 Å². The van der Waals surface area contributed by atoms with Gasteiger partial charge in [-0.15, -0.1) is 0 Å². The van der Waals surface area contributed by atoms with E-state index in [0.29, 0.717) is 12.2 Å². The van der Waals surface area contributed by atoms with E-state index in [2.05, 4.69) is 0 Å². The molecular weight excluding hydrogens is 334 g/mol. The molecule has 25 heavy (non-hydrogen) atoms. The third kappa shape index (κ3) is 6.06. The molecule has 0 fully saturated rings. The number of nitrogens with two attached hydrogens (primary N) is 1. The van der Waals surface area contributed by atoms with E-state index in [4.69, 9.17) is 15.2 Å². The largest absolute Gasteiger partial charge is 0.497 e. The molecule has 1 atom stereocenters. The van der Waals surface area contributed by atoms with E-state index in [9.17, 15) is 18.4 Å². The second-order valence-corrected chi connectivity index (χ2v) is 5.59. The van der Waals surface area contributed by atoms with Crippen molar-refractivity contribution >= 4 is 11.8 Å². The topological polar surface area (TPSA) is 81.9 Å². The summed E-state index contributed by atoms with van der Waals surface area (Å²) in [4.78, 5) is 24.3. The van der Waals surface area contributed by atoms with Gasteiger partial charge in [-0.25, -0.2) is 8.78 Å². The molecule has 1 heterocycles. The van der Waals surface area contributed by atoms with E-state index in [-0.39, 0.29) is 24.8 Å².